The van der Waals surface area contributed by atoms with Gasteiger partial charge in [-0.2, -0.15) is 0 Å². The summed E-state index contributed by atoms with van der Waals surface area (Å²) >= 11 is 6.01. The van der Waals surface area contributed by atoms with Gasteiger partial charge in [-0.05, 0) is 31.4 Å². The van der Waals surface area contributed by atoms with Gasteiger partial charge in [0.25, 0.3) is 0 Å². The van der Waals surface area contributed by atoms with Crippen molar-refractivity contribution in [3.8, 4) is 0 Å². The Kier molecular flexibility index (Phi) is 4.92. The standard InChI is InChI=1S/C16H18ClN5O/c17-13-6-2-3-7-14(13)21-16(23)20-12-10-18-15(19-11-12)22-8-4-1-5-9-22/h2-3,6-7,10-11H,1,4-5,8-9H2,(H2,20,21,23). The molecule has 1 aliphatic rings. The van der Waals surface area contributed by atoms with Gasteiger partial charge in [0.05, 0.1) is 28.8 Å². The van der Waals surface area contributed by atoms with Gasteiger partial charge in [-0.1, -0.05) is 23.7 Å². The summed E-state index contributed by atoms with van der Waals surface area (Å²) in [4.78, 5) is 22.8. The molecule has 0 saturated carbocycles. The topological polar surface area (TPSA) is 70.2 Å². The fraction of sp³-hybridized carbons (Fsp3) is 0.312. The number of anilines is 3. The summed E-state index contributed by atoms with van der Waals surface area (Å²) in [6.07, 6.45) is 6.83. The number of hydrogen-bond acceptors (Lipinski definition) is 4. The molecule has 1 aromatic heterocycles. The molecule has 1 fully saturated rings. The Morgan fingerprint density at radius 3 is 2.43 bits per heavy atom. The lowest BCUT2D eigenvalue weighted by atomic mass is 10.1. The monoisotopic (exact) mass is 331 g/mol. The molecule has 0 radical (unpaired) electrons. The van der Waals surface area contributed by atoms with E-state index >= 15 is 0 Å². The average molecular weight is 332 g/mol. The molecule has 1 saturated heterocycles. The molecule has 0 bridgehead atoms. The summed E-state index contributed by atoms with van der Waals surface area (Å²) in [6.45, 7) is 1.97. The molecular formula is C16H18ClN5O. The van der Waals surface area contributed by atoms with Crippen LogP contribution in [0.2, 0.25) is 5.02 Å². The first kappa shape index (κ1) is 15.6. The van der Waals surface area contributed by atoms with Crippen molar-refractivity contribution in [3.63, 3.8) is 0 Å². The van der Waals surface area contributed by atoms with Crippen LogP contribution in [-0.4, -0.2) is 29.1 Å². The predicted molar refractivity (Wildman–Crippen MR) is 92.2 cm³/mol. The maximum Gasteiger partial charge on any atom is 0.323 e. The summed E-state index contributed by atoms with van der Waals surface area (Å²) in [7, 11) is 0. The first-order valence-electron chi connectivity index (χ1n) is 7.62. The SMILES string of the molecule is O=C(Nc1cnc(N2CCCCC2)nc1)Nc1ccccc1Cl. The molecule has 1 aromatic carbocycles. The van der Waals surface area contributed by atoms with E-state index in [0.29, 0.717) is 22.3 Å². The van der Waals surface area contributed by atoms with Crippen molar-refractivity contribution >= 4 is 35.0 Å². The van der Waals surface area contributed by atoms with E-state index in [9.17, 15) is 4.79 Å². The number of nitrogens with zero attached hydrogens (tertiary/aromatic N) is 3. The molecule has 6 nitrogen and oxygen atoms in total. The van der Waals surface area contributed by atoms with Crippen LogP contribution in [0, 0.1) is 0 Å². The van der Waals surface area contributed by atoms with Crippen LogP contribution in [0.15, 0.2) is 36.7 Å². The van der Waals surface area contributed by atoms with Crippen LogP contribution in [0.5, 0.6) is 0 Å². The number of aromatic nitrogens is 2. The van der Waals surface area contributed by atoms with Gasteiger partial charge >= 0.3 is 6.03 Å². The first-order valence-corrected chi connectivity index (χ1v) is 8.00. The van der Waals surface area contributed by atoms with Crippen LogP contribution in [0.1, 0.15) is 19.3 Å². The highest BCUT2D eigenvalue weighted by Crippen LogP contribution is 2.21. The van der Waals surface area contributed by atoms with Gasteiger partial charge in [0.2, 0.25) is 5.95 Å². The predicted octanol–water partition coefficient (Wildman–Crippen LogP) is 3.76. The van der Waals surface area contributed by atoms with Gasteiger partial charge < -0.3 is 15.5 Å². The smallest absolute Gasteiger partial charge is 0.323 e. The highest BCUT2D eigenvalue weighted by molar-refractivity contribution is 6.33. The summed E-state index contributed by atoms with van der Waals surface area (Å²) in [5.74, 6) is 0.710. The average Bonchev–Trinajstić information content (AvgIpc) is 2.58. The maximum atomic E-state index is 12.0. The molecule has 3 rings (SSSR count). The molecule has 7 heteroatoms. The molecule has 1 aliphatic heterocycles. The number of benzene rings is 1. The quantitative estimate of drug-likeness (QED) is 0.898. The van der Waals surface area contributed by atoms with Crippen LogP contribution >= 0.6 is 11.6 Å². The minimum absolute atomic E-state index is 0.382. The number of amides is 2. The third-order valence-corrected chi connectivity index (χ3v) is 3.99. The summed E-state index contributed by atoms with van der Waals surface area (Å²) < 4.78 is 0. The lowest BCUT2D eigenvalue weighted by Crippen LogP contribution is -2.31. The molecule has 0 aliphatic carbocycles. The van der Waals surface area contributed by atoms with E-state index in [0.717, 1.165) is 13.1 Å². The largest absolute Gasteiger partial charge is 0.341 e. The molecule has 2 aromatic rings. The van der Waals surface area contributed by atoms with Gasteiger partial charge in [-0.15, -0.1) is 0 Å². The van der Waals surface area contributed by atoms with Crippen LogP contribution in [0.4, 0.5) is 22.1 Å². The molecule has 0 atom stereocenters. The van der Waals surface area contributed by atoms with Crippen molar-refractivity contribution < 1.29 is 4.79 Å². The van der Waals surface area contributed by atoms with E-state index in [2.05, 4.69) is 25.5 Å². The maximum absolute atomic E-state index is 12.0. The van der Waals surface area contributed by atoms with Crippen molar-refractivity contribution in [2.75, 3.05) is 28.6 Å². The second-order valence-electron chi connectivity index (χ2n) is 5.38. The zero-order valence-electron chi connectivity index (χ0n) is 12.6. The van der Waals surface area contributed by atoms with Crippen molar-refractivity contribution in [3.05, 3.63) is 41.7 Å². The van der Waals surface area contributed by atoms with Crippen LogP contribution in [-0.2, 0) is 0 Å². The van der Waals surface area contributed by atoms with Crippen LogP contribution < -0.4 is 15.5 Å². The van der Waals surface area contributed by atoms with E-state index in [1.54, 1.807) is 36.7 Å². The van der Waals surface area contributed by atoms with Crippen molar-refractivity contribution in [2.45, 2.75) is 19.3 Å². The molecule has 2 N–H and O–H groups in total. The fourth-order valence-corrected chi connectivity index (χ4v) is 2.67. The Balaban J connectivity index is 1.59. The number of carbonyl (C=O) groups is 1. The highest BCUT2D eigenvalue weighted by atomic mass is 35.5. The fourth-order valence-electron chi connectivity index (χ4n) is 2.49. The molecule has 0 spiro atoms. The van der Waals surface area contributed by atoms with Gasteiger partial charge in [0.1, 0.15) is 0 Å². The Labute approximate surface area is 139 Å². The van der Waals surface area contributed by atoms with E-state index in [-0.39, 0.29) is 6.03 Å². The van der Waals surface area contributed by atoms with E-state index in [1.165, 1.54) is 19.3 Å². The number of piperidine rings is 1. The number of nitrogens with one attached hydrogen (secondary N) is 2. The second kappa shape index (κ2) is 7.28. The molecule has 0 unspecified atom stereocenters. The minimum Gasteiger partial charge on any atom is -0.341 e. The lowest BCUT2D eigenvalue weighted by Gasteiger charge is -2.26. The molecule has 2 heterocycles. The Hall–Kier alpha value is -2.34. The van der Waals surface area contributed by atoms with Gasteiger partial charge in [-0.3, -0.25) is 0 Å². The Bertz CT molecular complexity index is 670. The summed E-state index contributed by atoms with van der Waals surface area (Å²) in [5, 5.41) is 5.87. The zero-order chi connectivity index (χ0) is 16.1. The summed E-state index contributed by atoms with van der Waals surface area (Å²) in [5.41, 5.74) is 1.09. The highest BCUT2D eigenvalue weighted by Gasteiger charge is 2.13. The third kappa shape index (κ3) is 4.10. The van der Waals surface area contributed by atoms with Crippen molar-refractivity contribution in [2.24, 2.45) is 0 Å². The number of para-hydroxylation sites is 1. The normalized spacial score (nSPS) is 14.4. The van der Waals surface area contributed by atoms with Gasteiger partial charge in [-0.25, -0.2) is 14.8 Å². The molecule has 120 valence electrons. The number of halogens is 1. The Morgan fingerprint density at radius 1 is 1.04 bits per heavy atom. The lowest BCUT2D eigenvalue weighted by molar-refractivity contribution is 0.262. The van der Waals surface area contributed by atoms with E-state index < -0.39 is 0 Å². The van der Waals surface area contributed by atoms with Crippen LogP contribution in [0.3, 0.4) is 0 Å². The van der Waals surface area contributed by atoms with Crippen molar-refractivity contribution in [1.29, 1.82) is 0 Å². The van der Waals surface area contributed by atoms with E-state index in [4.69, 9.17) is 11.6 Å². The number of rotatable bonds is 3. The van der Waals surface area contributed by atoms with Crippen molar-refractivity contribution in [1.82, 2.24) is 9.97 Å². The molecule has 23 heavy (non-hydrogen) atoms. The minimum atomic E-state index is -0.382. The third-order valence-electron chi connectivity index (χ3n) is 3.66. The number of hydrogen-bond donors (Lipinski definition) is 2. The van der Waals surface area contributed by atoms with Gasteiger partial charge in [0.15, 0.2) is 0 Å². The number of urea groups is 1. The second-order valence-corrected chi connectivity index (χ2v) is 5.79. The molecule has 2 amide bonds. The first-order chi connectivity index (χ1) is 11.2. The van der Waals surface area contributed by atoms with E-state index in [1.807, 2.05) is 0 Å². The molecular weight excluding hydrogens is 314 g/mol. The zero-order valence-corrected chi connectivity index (χ0v) is 13.4. The number of carbonyl (C=O) groups excluding carboxylic acids is 1. The van der Waals surface area contributed by atoms with Crippen LogP contribution in [0.25, 0.3) is 0 Å². The summed E-state index contributed by atoms with van der Waals surface area (Å²) in [6, 6.07) is 6.68. The van der Waals surface area contributed by atoms with Gasteiger partial charge in [0, 0.05) is 13.1 Å². The Morgan fingerprint density at radius 2 is 1.74 bits per heavy atom.